The lowest BCUT2D eigenvalue weighted by Gasteiger charge is -2.09. The van der Waals surface area contributed by atoms with Crippen molar-refractivity contribution in [3.8, 4) is 0 Å². The maximum absolute atomic E-state index is 11.7. The lowest BCUT2D eigenvalue weighted by molar-refractivity contribution is -0.116. The minimum atomic E-state index is 0.0797. The van der Waals surface area contributed by atoms with Crippen molar-refractivity contribution >= 4 is 23.2 Å². The molecule has 1 aliphatic rings. The van der Waals surface area contributed by atoms with Gasteiger partial charge in [-0.15, -0.1) is 0 Å². The van der Waals surface area contributed by atoms with Gasteiger partial charge in [0.25, 0.3) is 0 Å². The van der Waals surface area contributed by atoms with Crippen LogP contribution >= 0.6 is 11.6 Å². The minimum Gasteiger partial charge on any atom is -0.326 e. The van der Waals surface area contributed by atoms with Crippen LogP contribution < -0.4 is 10.6 Å². The quantitative estimate of drug-likeness (QED) is 0.848. The third-order valence-corrected chi connectivity index (χ3v) is 3.02. The van der Waals surface area contributed by atoms with E-state index in [-0.39, 0.29) is 5.91 Å². The molecule has 86 valence electrons. The van der Waals surface area contributed by atoms with Crippen LogP contribution in [0.1, 0.15) is 12.8 Å². The van der Waals surface area contributed by atoms with Crippen molar-refractivity contribution in [2.45, 2.75) is 12.8 Å². The second-order valence-corrected chi connectivity index (χ2v) is 4.55. The van der Waals surface area contributed by atoms with Crippen LogP contribution in [0.25, 0.3) is 0 Å². The molecule has 0 radical (unpaired) electrons. The highest BCUT2D eigenvalue weighted by Crippen LogP contribution is 2.16. The second kappa shape index (κ2) is 5.32. The number of hydrogen-bond donors (Lipinski definition) is 2. The normalized spacial score (nSPS) is 19.7. The number of anilines is 1. The van der Waals surface area contributed by atoms with Gasteiger partial charge >= 0.3 is 0 Å². The van der Waals surface area contributed by atoms with Crippen LogP contribution in [-0.4, -0.2) is 19.0 Å². The summed E-state index contributed by atoms with van der Waals surface area (Å²) in [6, 6.07) is 7.17. The fourth-order valence-corrected chi connectivity index (χ4v) is 2.02. The first-order chi connectivity index (χ1) is 7.74. The van der Waals surface area contributed by atoms with E-state index in [9.17, 15) is 4.79 Å². The lowest BCUT2D eigenvalue weighted by Crippen LogP contribution is -2.18. The van der Waals surface area contributed by atoms with Crippen LogP contribution in [0.2, 0.25) is 5.02 Å². The van der Waals surface area contributed by atoms with Gasteiger partial charge in [-0.05, 0) is 49.7 Å². The molecule has 1 amide bonds. The van der Waals surface area contributed by atoms with Crippen molar-refractivity contribution in [2.75, 3.05) is 18.4 Å². The Morgan fingerprint density at radius 2 is 2.19 bits per heavy atom. The first-order valence-electron chi connectivity index (χ1n) is 5.50. The summed E-state index contributed by atoms with van der Waals surface area (Å²) in [7, 11) is 0. The third-order valence-electron chi connectivity index (χ3n) is 2.76. The molecule has 0 saturated carbocycles. The summed E-state index contributed by atoms with van der Waals surface area (Å²) in [6.45, 7) is 1.98. The number of nitrogens with one attached hydrogen (secondary N) is 2. The van der Waals surface area contributed by atoms with E-state index in [4.69, 9.17) is 11.6 Å². The predicted octanol–water partition coefficient (Wildman–Crippen LogP) is 2.28. The highest BCUT2D eigenvalue weighted by molar-refractivity contribution is 6.30. The summed E-state index contributed by atoms with van der Waals surface area (Å²) in [5, 5.41) is 6.80. The summed E-state index contributed by atoms with van der Waals surface area (Å²) < 4.78 is 0. The maximum Gasteiger partial charge on any atom is 0.224 e. The van der Waals surface area contributed by atoms with Crippen LogP contribution in [0.3, 0.4) is 0 Å². The molecule has 1 aromatic rings. The van der Waals surface area contributed by atoms with Crippen molar-refractivity contribution in [1.29, 1.82) is 0 Å². The maximum atomic E-state index is 11.7. The Bertz CT molecular complexity index is 358. The van der Waals surface area contributed by atoms with E-state index < -0.39 is 0 Å². The van der Waals surface area contributed by atoms with Gasteiger partial charge in [-0.1, -0.05) is 11.6 Å². The molecule has 1 heterocycles. The first kappa shape index (κ1) is 11.4. The summed E-state index contributed by atoms with van der Waals surface area (Å²) in [6.07, 6.45) is 1.68. The number of rotatable bonds is 3. The number of halogens is 1. The zero-order valence-corrected chi connectivity index (χ0v) is 9.76. The topological polar surface area (TPSA) is 41.1 Å². The molecule has 1 aliphatic heterocycles. The zero-order chi connectivity index (χ0) is 11.4. The average Bonchev–Trinajstić information content (AvgIpc) is 2.74. The summed E-state index contributed by atoms with van der Waals surface area (Å²) in [5.41, 5.74) is 0.806. The SMILES string of the molecule is O=C(CC1CCNC1)Nc1ccc(Cl)cc1. The molecule has 1 saturated heterocycles. The Balaban J connectivity index is 1.84. The monoisotopic (exact) mass is 238 g/mol. The predicted molar refractivity (Wildman–Crippen MR) is 65.7 cm³/mol. The Labute approximate surface area is 100 Å². The van der Waals surface area contributed by atoms with Crippen LogP contribution in [0, 0.1) is 5.92 Å². The van der Waals surface area contributed by atoms with Crippen molar-refractivity contribution < 1.29 is 4.79 Å². The molecule has 1 aromatic carbocycles. The van der Waals surface area contributed by atoms with Gasteiger partial charge in [-0.2, -0.15) is 0 Å². The fourth-order valence-electron chi connectivity index (χ4n) is 1.90. The number of carbonyl (C=O) groups excluding carboxylic acids is 1. The van der Waals surface area contributed by atoms with Gasteiger partial charge in [0, 0.05) is 17.1 Å². The van der Waals surface area contributed by atoms with Crippen LogP contribution in [0.5, 0.6) is 0 Å². The average molecular weight is 239 g/mol. The number of carbonyl (C=O) groups is 1. The van der Waals surface area contributed by atoms with E-state index in [1.165, 1.54) is 0 Å². The smallest absolute Gasteiger partial charge is 0.224 e. The Kier molecular flexibility index (Phi) is 3.80. The molecule has 4 heteroatoms. The van der Waals surface area contributed by atoms with Crippen molar-refractivity contribution in [3.05, 3.63) is 29.3 Å². The van der Waals surface area contributed by atoms with Gasteiger partial charge in [-0.3, -0.25) is 4.79 Å². The molecule has 1 atom stereocenters. The molecule has 0 bridgehead atoms. The summed E-state index contributed by atoms with van der Waals surface area (Å²) >= 11 is 5.76. The van der Waals surface area contributed by atoms with Crippen LogP contribution in [0.15, 0.2) is 24.3 Å². The standard InChI is InChI=1S/C12H15ClN2O/c13-10-1-3-11(4-2-10)15-12(16)7-9-5-6-14-8-9/h1-4,9,14H,5-8H2,(H,15,16). The highest BCUT2D eigenvalue weighted by Gasteiger charge is 2.17. The van der Waals surface area contributed by atoms with Crippen molar-refractivity contribution in [3.63, 3.8) is 0 Å². The van der Waals surface area contributed by atoms with E-state index in [2.05, 4.69) is 10.6 Å². The van der Waals surface area contributed by atoms with E-state index in [1.54, 1.807) is 12.1 Å². The second-order valence-electron chi connectivity index (χ2n) is 4.12. The Morgan fingerprint density at radius 1 is 1.44 bits per heavy atom. The molecule has 16 heavy (non-hydrogen) atoms. The molecule has 1 unspecified atom stereocenters. The third kappa shape index (κ3) is 3.22. The molecular formula is C12H15ClN2O. The Hall–Kier alpha value is -1.06. The molecule has 0 aliphatic carbocycles. The summed E-state index contributed by atoms with van der Waals surface area (Å²) in [5.74, 6) is 0.559. The molecule has 1 fully saturated rings. The van der Waals surface area contributed by atoms with Gasteiger partial charge in [0.05, 0.1) is 0 Å². The van der Waals surface area contributed by atoms with Crippen molar-refractivity contribution in [2.24, 2.45) is 5.92 Å². The Morgan fingerprint density at radius 3 is 2.81 bits per heavy atom. The van der Waals surface area contributed by atoms with Gasteiger partial charge in [-0.25, -0.2) is 0 Å². The van der Waals surface area contributed by atoms with E-state index in [0.717, 1.165) is 25.2 Å². The highest BCUT2D eigenvalue weighted by atomic mass is 35.5. The van der Waals surface area contributed by atoms with Gasteiger partial charge in [0.2, 0.25) is 5.91 Å². The molecule has 2 N–H and O–H groups in total. The van der Waals surface area contributed by atoms with Gasteiger partial charge in [0.1, 0.15) is 0 Å². The molecule has 3 nitrogen and oxygen atoms in total. The molecule has 0 aromatic heterocycles. The number of hydrogen-bond acceptors (Lipinski definition) is 2. The van der Waals surface area contributed by atoms with Gasteiger partial charge in [0.15, 0.2) is 0 Å². The first-order valence-corrected chi connectivity index (χ1v) is 5.88. The van der Waals surface area contributed by atoms with E-state index in [1.807, 2.05) is 12.1 Å². The fraction of sp³-hybridized carbons (Fsp3) is 0.417. The molecular weight excluding hydrogens is 224 g/mol. The number of benzene rings is 1. The molecule has 0 spiro atoms. The summed E-state index contributed by atoms with van der Waals surface area (Å²) in [4.78, 5) is 11.7. The van der Waals surface area contributed by atoms with Crippen LogP contribution in [-0.2, 0) is 4.79 Å². The van der Waals surface area contributed by atoms with Crippen molar-refractivity contribution in [1.82, 2.24) is 5.32 Å². The van der Waals surface area contributed by atoms with E-state index >= 15 is 0 Å². The lowest BCUT2D eigenvalue weighted by atomic mass is 10.0. The molecule has 2 rings (SSSR count). The minimum absolute atomic E-state index is 0.0797. The number of amides is 1. The zero-order valence-electron chi connectivity index (χ0n) is 9.00. The van der Waals surface area contributed by atoms with E-state index in [0.29, 0.717) is 17.4 Å². The largest absolute Gasteiger partial charge is 0.326 e. The van der Waals surface area contributed by atoms with Gasteiger partial charge < -0.3 is 10.6 Å². The van der Waals surface area contributed by atoms with Crippen LogP contribution in [0.4, 0.5) is 5.69 Å².